The van der Waals surface area contributed by atoms with Crippen molar-refractivity contribution in [3.8, 4) is 11.4 Å². The SMILES string of the molecule is Nc1ncc(-c2nc(N3CC4CCC(C3)O4)nc(N3CC4(COC4)C3)n2)cn1. The topological polar surface area (TPSA) is 115 Å². The van der Waals surface area contributed by atoms with Crippen LogP contribution in [0.5, 0.6) is 0 Å². The van der Waals surface area contributed by atoms with Crippen molar-refractivity contribution >= 4 is 17.8 Å². The van der Waals surface area contributed by atoms with Gasteiger partial charge in [0.1, 0.15) is 0 Å². The first kappa shape index (κ1) is 16.4. The van der Waals surface area contributed by atoms with Gasteiger partial charge in [-0.1, -0.05) is 0 Å². The number of hydrogen-bond acceptors (Lipinski definition) is 10. The molecule has 4 aliphatic rings. The van der Waals surface area contributed by atoms with Crippen molar-refractivity contribution in [1.82, 2.24) is 24.9 Å². The average Bonchev–Trinajstić information content (AvgIpc) is 2.97. The van der Waals surface area contributed by atoms with Crippen LogP contribution in [0.15, 0.2) is 12.4 Å². The predicted molar refractivity (Wildman–Crippen MR) is 101 cm³/mol. The monoisotopic (exact) mass is 382 g/mol. The van der Waals surface area contributed by atoms with E-state index in [2.05, 4.69) is 19.8 Å². The minimum Gasteiger partial charge on any atom is -0.380 e. The van der Waals surface area contributed by atoms with Gasteiger partial charge in [-0.25, -0.2) is 9.97 Å². The molecule has 6 rings (SSSR count). The molecule has 4 saturated heterocycles. The molecular weight excluding hydrogens is 360 g/mol. The third-order valence-corrected chi connectivity index (χ3v) is 6.02. The van der Waals surface area contributed by atoms with Crippen LogP contribution >= 0.6 is 0 Å². The molecule has 2 aromatic heterocycles. The fraction of sp³-hybridized carbons (Fsp3) is 0.611. The van der Waals surface area contributed by atoms with Crippen LogP contribution in [0.1, 0.15) is 12.8 Å². The second-order valence-corrected chi connectivity index (χ2v) is 8.30. The summed E-state index contributed by atoms with van der Waals surface area (Å²) in [7, 11) is 0. The van der Waals surface area contributed by atoms with E-state index in [0.717, 1.165) is 57.8 Å². The number of nitrogens with two attached hydrogens (primary N) is 1. The molecular formula is C18H22N8O2. The van der Waals surface area contributed by atoms with Crippen LogP contribution in [0.3, 0.4) is 0 Å². The third kappa shape index (κ3) is 2.67. The van der Waals surface area contributed by atoms with Crippen molar-refractivity contribution in [3.05, 3.63) is 12.4 Å². The number of aromatic nitrogens is 5. The molecule has 10 nitrogen and oxygen atoms in total. The molecule has 1 spiro atoms. The van der Waals surface area contributed by atoms with E-state index in [1.54, 1.807) is 12.4 Å². The lowest BCUT2D eigenvalue weighted by molar-refractivity contribution is -0.127. The van der Waals surface area contributed by atoms with Gasteiger partial charge in [0.05, 0.1) is 36.4 Å². The van der Waals surface area contributed by atoms with Gasteiger partial charge >= 0.3 is 0 Å². The Morgan fingerprint density at radius 1 is 0.929 bits per heavy atom. The number of nitrogen functional groups attached to an aromatic ring is 1. The summed E-state index contributed by atoms with van der Waals surface area (Å²) in [6.07, 6.45) is 6.05. The summed E-state index contributed by atoms with van der Waals surface area (Å²) in [5.41, 5.74) is 6.65. The maximum absolute atomic E-state index is 5.97. The molecule has 0 amide bonds. The lowest BCUT2D eigenvalue weighted by atomic mass is 9.78. The van der Waals surface area contributed by atoms with Crippen LogP contribution in [0.4, 0.5) is 17.8 Å². The summed E-state index contributed by atoms with van der Waals surface area (Å²) < 4.78 is 11.4. The van der Waals surface area contributed by atoms with Crippen LogP contribution in [0.25, 0.3) is 11.4 Å². The molecule has 0 saturated carbocycles. The zero-order valence-corrected chi connectivity index (χ0v) is 15.5. The fourth-order valence-electron chi connectivity index (χ4n) is 4.48. The predicted octanol–water partition coefficient (Wildman–Crippen LogP) is 0.115. The highest BCUT2D eigenvalue weighted by Gasteiger charge is 2.50. The van der Waals surface area contributed by atoms with Crippen molar-refractivity contribution in [2.75, 3.05) is 54.9 Å². The Morgan fingerprint density at radius 3 is 2.18 bits per heavy atom. The van der Waals surface area contributed by atoms with Crippen molar-refractivity contribution in [2.24, 2.45) is 5.41 Å². The highest BCUT2D eigenvalue weighted by Crippen LogP contribution is 2.40. The van der Waals surface area contributed by atoms with Gasteiger partial charge in [0.15, 0.2) is 5.82 Å². The van der Waals surface area contributed by atoms with Gasteiger partial charge in [0.25, 0.3) is 0 Å². The summed E-state index contributed by atoms with van der Waals surface area (Å²) >= 11 is 0. The Hall–Kier alpha value is -2.59. The zero-order chi connectivity index (χ0) is 18.7. The number of morpholine rings is 1. The quantitative estimate of drug-likeness (QED) is 0.784. The molecule has 0 aliphatic carbocycles. The summed E-state index contributed by atoms with van der Waals surface area (Å²) in [4.78, 5) is 26.9. The molecule has 2 atom stereocenters. The van der Waals surface area contributed by atoms with Gasteiger partial charge in [-0.15, -0.1) is 0 Å². The second kappa shape index (κ2) is 5.95. The number of nitrogens with zero attached hydrogens (tertiary/aromatic N) is 7. The highest BCUT2D eigenvalue weighted by atomic mass is 16.5. The summed E-state index contributed by atoms with van der Waals surface area (Å²) in [5.74, 6) is 2.21. The second-order valence-electron chi connectivity index (χ2n) is 8.30. The fourth-order valence-corrected chi connectivity index (χ4v) is 4.48. The van der Waals surface area contributed by atoms with Crippen molar-refractivity contribution in [3.63, 3.8) is 0 Å². The van der Waals surface area contributed by atoms with Crippen LogP contribution in [-0.4, -0.2) is 76.5 Å². The number of anilines is 3. The molecule has 4 fully saturated rings. The summed E-state index contributed by atoms with van der Waals surface area (Å²) in [6.45, 7) is 5.12. The lowest BCUT2D eigenvalue weighted by Crippen LogP contribution is -2.66. The first-order valence-corrected chi connectivity index (χ1v) is 9.73. The lowest BCUT2D eigenvalue weighted by Gasteiger charge is -2.54. The van der Waals surface area contributed by atoms with Crippen LogP contribution < -0.4 is 15.5 Å². The molecule has 0 radical (unpaired) electrons. The first-order chi connectivity index (χ1) is 13.7. The molecule has 2 unspecified atom stereocenters. The summed E-state index contributed by atoms with van der Waals surface area (Å²) in [6, 6.07) is 0. The number of fused-ring (bicyclic) bond motifs is 2. The van der Waals surface area contributed by atoms with E-state index >= 15 is 0 Å². The van der Waals surface area contributed by atoms with Crippen LogP contribution in [0, 0.1) is 5.41 Å². The van der Waals surface area contributed by atoms with Crippen molar-refractivity contribution < 1.29 is 9.47 Å². The average molecular weight is 382 g/mol. The summed E-state index contributed by atoms with van der Waals surface area (Å²) in [5, 5.41) is 0. The molecule has 6 heterocycles. The van der Waals surface area contributed by atoms with Crippen molar-refractivity contribution in [1.29, 1.82) is 0 Å². The maximum Gasteiger partial charge on any atom is 0.230 e. The van der Waals surface area contributed by atoms with Gasteiger partial charge < -0.3 is 25.0 Å². The van der Waals surface area contributed by atoms with E-state index in [1.807, 2.05) is 0 Å². The minimum atomic E-state index is 0.234. The molecule has 0 aromatic carbocycles. The van der Waals surface area contributed by atoms with Gasteiger partial charge in [0, 0.05) is 38.6 Å². The smallest absolute Gasteiger partial charge is 0.230 e. The van der Waals surface area contributed by atoms with Gasteiger partial charge in [-0.05, 0) is 12.8 Å². The van der Waals surface area contributed by atoms with E-state index in [4.69, 9.17) is 30.2 Å². The number of hydrogen-bond donors (Lipinski definition) is 1. The molecule has 28 heavy (non-hydrogen) atoms. The standard InChI is InChI=1S/C18H22N8O2/c19-15-20-3-11(4-21-15)14-22-16(25-5-12-1-2-13(6-25)28-12)24-17(23-14)26-7-18(8-26)9-27-10-18/h3-4,12-13H,1-2,5-10H2,(H2,19,20,21). The molecule has 2 bridgehead atoms. The van der Waals surface area contributed by atoms with E-state index in [0.29, 0.717) is 17.7 Å². The first-order valence-electron chi connectivity index (χ1n) is 9.73. The molecule has 2 aromatic rings. The van der Waals surface area contributed by atoms with E-state index in [1.165, 1.54) is 0 Å². The minimum absolute atomic E-state index is 0.234. The Labute approximate surface area is 162 Å². The maximum atomic E-state index is 5.97. The number of rotatable bonds is 3. The Bertz CT molecular complexity index is 883. The zero-order valence-electron chi connectivity index (χ0n) is 15.5. The number of ether oxygens (including phenoxy) is 2. The van der Waals surface area contributed by atoms with Gasteiger partial charge in [0.2, 0.25) is 17.8 Å². The van der Waals surface area contributed by atoms with Gasteiger partial charge in [-0.3, -0.25) is 0 Å². The highest BCUT2D eigenvalue weighted by molar-refractivity contribution is 5.58. The Morgan fingerprint density at radius 2 is 1.57 bits per heavy atom. The van der Waals surface area contributed by atoms with E-state index in [-0.39, 0.29) is 23.6 Å². The normalized spacial score (nSPS) is 27.6. The van der Waals surface area contributed by atoms with E-state index in [9.17, 15) is 0 Å². The molecule has 2 N–H and O–H groups in total. The van der Waals surface area contributed by atoms with Crippen LogP contribution in [-0.2, 0) is 9.47 Å². The van der Waals surface area contributed by atoms with E-state index < -0.39 is 0 Å². The molecule has 146 valence electrons. The Kier molecular flexibility index (Phi) is 3.48. The Balaban J connectivity index is 1.35. The third-order valence-electron chi connectivity index (χ3n) is 6.02. The van der Waals surface area contributed by atoms with Crippen LogP contribution in [0.2, 0.25) is 0 Å². The molecule has 10 heteroatoms. The molecule has 4 aliphatic heterocycles. The largest absolute Gasteiger partial charge is 0.380 e. The van der Waals surface area contributed by atoms with Crippen molar-refractivity contribution in [2.45, 2.75) is 25.0 Å². The van der Waals surface area contributed by atoms with Gasteiger partial charge in [-0.2, -0.15) is 15.0 Å².